The van der Waals surface area contributed by atoms with Crippen LogP contribution in [-0.4, -0.2) is 32.8 Å². The highest BCUT2D eigenvalue weighted by Gasteiger charge is 2.27. The Morgan fingerprint density at radius 2 is 1.79 bits per heavy atom. The lowest BCUT2D eigenvalue weighted by Crippen LogP contribution is -2.19. The van der Waals surface area contributed by atoms with E-state index in [0.717, 1.165) is 12.5 Å². The van der Waals surface area contributed by atoms with Crippen LogP contribution in [-0.2, 0) is 19.4 Å². The molecule has 0 unspecified atom stereocenters. The first kappa shape index (κ1) is 20.7. The lowest BCUT2D eigenvalue weighted by atomic mass is 9.95. The Labute approximate surface area is 151 Å². The van der Waals surface area contributed by atoms with Crippen molar-refractivity contribution in [3.05, 3.63) is 39.6 Å². The molecule has 0 spiro atoms. The molecule has 0 aliphatic rings. The molecule has 8 heteroatoms. The molecule has 1 aromatic rings. The summed E-state index contributed by atoms with van der Waals surface area (Å²) >= 11 is 12.0. The second-order valence-electron chi connectivity index (χ2n) is 5.35. The molecule has 0 N–H and O–H groups in total. The standard InChI is InChI=1S/C16H18Cl2O5S/c1-5-23-8-11(15(19)9(2)3)16(20)10-6-7-12(24(4,21)22)14(18)13(10)17/h6-9H,5H2,1-4H3. The van der Waals surface area contributed by atoms with Crippen molar-refractivity contribution in [3.63, 3.8) is 0 Å². The summed E-state index contributed by atoms with van der Waals surface area (Å²) in [7, 11) is -3.60. The number of ketones is 2. The highest BCUT2D eigenvalue weighted by atomic mass is 35.5. The zero-order chi connectivity index (χ0) is 18.7. The van der Waals surface area contributed by atoms with E-state index in [1.807, 2.05) is 0 Å². The van der Waals surface area contributed by atoms with Gasteiger partial charge in [0.2, 0.25) is 5.78 Å². The van der Waals surface area contributed by atoms with Gasteiger partial charge in [0.1, 0.15) is 5.57 Å². The van der Waals surface area contributed by atoms with Crippen molar-refractivity contribution in [3.8, 4) is 0 Å². The van der Waals surface area contributed by atoms with E-state index in [0.29, 0.717) is 0 Å². The Kier molecular flexibility index (Phi) is 7.01. The molecular weight excluding hydrogens is 375 g/mol. The van der Waals surface area contributed by atoms with Crippen LogP contribution in [0.1, 0.15) is 31.1 Å². The predicted octanol–water partition coefficient (Wildman–Crippen LogP) is 3.73. The quantitative estimate of drug-likeness (QED) is 0.232. The van der Waals surface area contributed by atoms with Crippen LogP contribution in [0.5, 0.6) is 0 Å². The highest BCUT2D eigenvalue weighted by Crippen LogP contribution is 2.33. The summed E-state index contributed by atoms with van der Waals surface area (Å²) < 4.78 is 28.4. The van der Waals surface area contributed by atoms with E-state index in [-0.39, 0.29) is 32.7 Å². The number of sulfone groups is 1. The minimum atomic E-state index is -3.60. The van der Waals surface area contributed by atoms with Crippen molar-refractivity contribution >= 4 is 44.6 Å². The molecule has 0 saturated heterocycles. The van der Waals surface area contributed by atoms with Crippen LogP contribution in [0, 0.1) is 5.92 Å². The molecule has 0 bridgehead atoms. The number of hydrogen-bond donors (Lipinski definition) is 0. The Balaban J connectivity index is 3.46. The minimum Gasteiger partial charge on any atom is -0.501 e. The smallest absolute Gasteiger partial charge is 0.201 e. The van der Waals surface area contributed by atoms with Crippen LogP contribution in [0.25, 0.3) is 0 Å². The fourth-order valence-electron chi connectivity index (χ4n) is 1.84. The molecule has 0 heterocycles. The first-order valence-electron chi connectivity index (χ1n) is 7.11. The maximum atomic E-state index is 12.7. The van der Waals surface area contributed by atoms with E-state index in [2.05, 4.69) is 0 Å². The monoisotopic (exact) mass is 392 g/mol. The van der Waals surface area contributed by atoms with Gasteiger partial charge in [-0.2, -0.15) is 0 Å². The van der Waals surface area contributed by atoms with Gasteiger partial charge >= 0.3 is 0 Å². The minimum absolute atomic E-state index is 0.0611. The Morgan fingerprint density at radius 1 is 1.21 bits per heavy atom. The molecule has 132 valence electrons. The molecule has 1 aromatic carbocycles. The number of rotatable bonds is 7. The topological polar surface area (TPSA) is 77.5 Å². The summed E-state index contributed by atoms with van der Waals surface area (Å²) in [5.41, 5.74) is -0.231. The Bertz CT molecular complexity index is 795. The molecule has 0 aromatic heterocycles. The number of carbonyl (C=O) groups is 2. The van der Waals surface area contributed by atoms with Crippen LogP contribution in [0.2, 0.25) is 10.0 Å². The second-order valence-corrected chi connectivity index (χ2v) is 8.09. The fraction of sp³-hybridized carbons (Fsp3) is 0.375. The number of carbonyl (C=O) groups excluding carboxylic acids is 2. The van der Waals surface area contributed by atoms with E-state index >= 15 is 0 Å². The number of benzene rings is 1. The highest BCUT2D eigenvalue weighted by molar-refractivity contribution is 7.90. The van der Waals surface area contributed by atoms with Crippen LogP contribution >= 0.6 is 23.2 Å². The van der Waals surface area contributed by atoms with Crippen molar-refractivity contribution in [1.29, 1.82) is 0 Å². The number of ether oxygens (including phenoxy) is 1. The van der Waals surface area contributed by atoms with Crippen LogP contribution < -0.4 is 0 Å². The molecule has 0 fully saturated rings. The first-order chi connectivity index (χ1) is 11.0. The van der Waals surface area contributed by atoms with Crippen molar-refractivity contribution in [2.75, 3.05) is 12.9 Å². The van der Waals surface area contributed by atoms with Gasteiger partial charge in [0.15, 0.2) is 15.6 Å². The van der Waals surface area contributed by atoms with E-state index in [4.69, 9.17) is 27.9 Å². The maximum Gasteiger partial charge on any atom is 0.201 e. The maximum absolute atomic E-state index is 12.7. The molecule has 5 nitrogen and oxygen atoms in total. The van der Waals surface area contributed by atoms with Gasteiger partial charge in [-0.1, -0.05) is 37.0 Å². The molecule has 0 amide bonds. The van der Waals surface area contributed by atoms with Gasteiger partial charge in [-0.15, -0.1) is 0 Å². The van der Waals surface area contributed by atoms with Crippen molar-refractivity contribution in [2.24, 2.45) is 5.92 Å². The molecular formula is C16H18Cl2O5S. The summed E-state index contributed by atoms with van der Waals surface area (Å²) in [5, 5.41) is -0.471. The molecule has 0 atom stereocenters. The third kappa shape index (κ3) is 4.59. The summed E-state index contributed by atoms with van der Waals surface area (Å²) in [5.74, 6) is -1.51. The van der Waals surface area contributed by atoms with E-state index in [1.54, 1.807) is 20.8 Å². The predicted molar refractivity (Wildman–Crippen MR) is 93.5 cm³/mol. The Morgan fingerprint density at radius 3 is 2.25 bits per heavy atom. The number of allylic oxidation sites excluding steroid dienone is 1. The normalized spacial score (nSPS) is 12.4. The van der Waals surface area contributed by atoms with Gasteiger partial charge in [0.25, 0.3) is 0 Å². The fourth-order valence-corrected chi connectivity index (χ4v) is 3.47. The SMILES string of the molecule is CCOC=C(C(=O)c1ccc(S(C)(=O)=O)c(Cl)c1Cl)C(=O)C(C)C. The van der Waals surface area contributed by atoms with E-state index in [1.165, 1.54) is 12.1 Å². The van der Waals surface area contributed by atoms with Gasteiger partial charge in [0.05, 0.1) is 27.8 Å². The summed E-state index contributed by atoms with van der Waals surface area (Å²) in [6.45, 7) is 5.29. The van der Waals surface area contributed by atoms with E-state index in [9.17, 15) is 18.0 Å². The lowest BCUT2D eigenvalue weighted by Gasteiger charge is -2.12. The average Bonchev–Trinajstić information content (AvgIpc) is 2.48. The first-order valence-corrected chi connectivity index (χ1v) is 9.75. The summed E-state index contributed by atoms with van der Waals surface area (Å²) in [6, 6.07) is 2.43. The third-order valence-corrected chi connectivity index (χ3v) is 5.23. The van der Waals surface area contributed by atoms with Gasteiger partial charge in [-0.3, -0.25) is 9.59 Å². The molecule has 0 saturated carbocycles. The number of halogens is 2. The van der Waals surface area contributed by atoms with Crippen molar-refractivity contribution < 1.29 is 22.7 Å². The summed E-state index contributed by atoms with van der Waals surface area (Å²) in [4.78, 5) is 24.7. The third-order valence-electron chi connectivity index (χ3n) is 3.09. The molecule has 0 radical (unpaired) electrons. The lowest BCUT2D eigenvalue weighted by molar-refractivity contribution is -0.118. The van der Waals surface area contributed by atoms with Crippen LogP contribution in [0.4, 0.5) is 0 Å². The van der Waals surface area contributed by atoms with Gasteiger partial charge in [-0.25, -0.2) is 8.42 Å². The van der Waals surface area contributed by atoms with Gasteiger partial charge < -0.3 is 4.74 Å². The van der Waals surface area contributed by atoms with Crippen LogP contribution in [0.15, 0.2) is 28.9 Å². The van der Waals surface area contributed by atoms with Crippen molar-refractivity contribution in [1.82, 2.24) is 0 Å². The second kappa shape index (κ2) is 8.14. The molecule has 1 rings (SSSR count). The van der Waals surface area contributed by atoms with E-state index < -0.39 is 27.3 Å². The molecule has 0 aliphatic heterocycles. The van der Waals surface area contributed by atoms with Crippen molar-refractivity contribution in [2.45, 2.75) is 25.7 Å². The zero-order valence-electron chi connectivity index (χ0n) is 13.7. The molecule has 24 heavy (non-hydrogen) atoms. The number of hydrogen-bond acceptors (Lipinski definition) is 5. The Hall–Kier alpha value is -1.37. The summed E-state index contributed by atoms with van der Waals surface area (Å²) in [6.07, 6.45) is 2.08. The van der Waals surface area contributed by atoms with Gasteiger partial charge in [-0.05, 0) is 19.1 Å². The largest absolute Gasteiger partial charge is 0.501 e. The average molecular weight is 393 g/mol. The zero-order valence-corrected chi connectivity index (χ0v) is 16.1. The molecule has 0 aliphatic carbocycles. The van der Waals surface area contributed by atoms with Gasteiger partial charge in [0, 0.05) is 17.7 Å². The van der Waals surface area contributed by atoms with Crippen LogP contribution in [0.3, 0.4) is 0 Å². The number of Topliss-reactive ketones (excluding diaryl/α,β-unsaturated/α-hetero) is 2.